The molecule has 0 aliphatic heterocycles. The third-order valence-electron chi connectivity index (χ3n) is 5.35. The summed E-state index contributed by atoms with van der Waals surface area (Å²) in [6.45, 7) is 0.340. The summed E-state index contributed by atoms with van der Waals surface area (Å²) in [6.07, 6.45) is 4.15. The fourth-order valence-electron chi connectivity index (χ4n) is 3.57. The van der Waals surface area contributed by atoms with E-state index in [9.17, 15) is 17.6 Å². The number of ether oxygens (including phenoxy) is 1. The van der Waals surface area contributed by atoms with Crippen molar-refractivity contribution in [3.8, 4) is 17.0 Å². The maximum Gasteiger partial charge on any atom is 0.268 e. The minimum Gasteiger partial charge on any atom is -0.486 e. The molecule has 8 heteroatoms. The van der Waals surface area contributed by atoms with E-state index in [0.717, 1.165) is 16.8 Å². The van der Waals surface area contributed by atoms with Gasteiger partial charge in [0.25, 0.3) is 10.0 Å². The normalized spacial score (nSPS) is 13.8. The Hall–Kier alpha value is -2.97. The van der Waals surface area contributed by atoms with Crippen LogP contribution in [0.2, 0.25) is 0 Å². The molecule has 1 aliphatic carbocycles. The molecule has 6 nitrogen and oxygen atoms in total. The summed E-state index contributed by atoms with van der Waals surface area (Å²) in [4.78, 5) is 12.0. The van der Waals surface area contributed by atoms with Crippen molar-refractivity contribution in [1.29, 1.82) is 0 Å². The molecular weight excluding hydrogens is 431 g/mol. The quantitative estimate of drug-likeness (QED) is 0.499. The number of carbonyl (C=O) groups is 1. The third kappa shape index (κ3) is 4.92. The predicted molar refractivity (Wildman–Crippen MR) is 119 cm³/mol. The van der Waals surface area contributed by atoms with Gasteiger partial charge in [-0.1, -0.05) is 18.2 Å². The van der Waals surface area contributed by atoms with E-state index in [4.69, 9.17) is 4.74 Å². The maximum atomic E-state index is 14.5. The molecule has 1 fully saturated rings. The monoisotopic (exact) mass is 456 g/mol. The van der Waals surface area contributed by atoms with E-state index in [2.05, 4.69) is 5.32 Å². The number of carbonyl (C=O) groups excluding carboxylic acids is 1. The molecule has 32 heavy (non-hydrogen) atoms. The fourth-order valence-corrected chi connectivity index (χ4v) is 4.99. The van der Waals surface area contributed by atoms with E-state index in [0.29, 0.717) is 30.2 Å². The average Bonchev–Trinajstić information content (AvgIpc) is 3.49. The first-order valence-electron chi connectivity index (χ1n) is 10.5. The molecule has 0 radical (unpaired) electrons. The van der Waals surface area contributed by atoms with Gasteiger partial charge in [-0.15, -0.1) is 0 Å². The minimum absolute atomic E-state index is 0.00437. The Bertz CT molecular complexity index is 1230. The van der Waals surface area contributed by atoms with Crippen LogP contribution in [0.1, 0.15) is 24.8 Å². The summed E-state index contributed by atoms with van der Waals surface area (Å²) in [6, 6.07) is 13.7. The number of Topliss-reactive ketones (excluding diaryl/α,β-unsaturated/α-hetero) is 1. The van der Waals surface area contributed by atoms with Gasteiger partial charge in [-0.3, -0.25) is 4.79 Å². The van der Waals surface area contributed by atoms with Crippen LogP contribution in [0.3, 0.4) is 0 Å². The first-order valence-corrected chi connectivity index (χ1v) is 11.9. The molecule has 0 spiro atoms. The minimum atomic E-state index is -4.04. The van der Waals surface area contributed by atoms with Crippen molar-refractivity contribution in [2.24, 2.45) is 5.92 Å². The van der Waals surface area contributed by atoms with Gasteiger partial charge < -0.3 is 10.1 Å². The average molecular weight is 457 g/mol. The number of rotatable bonds is 10. The van der Waals surface area contributed by atoms with Crippen LogP contribution < -0.4 is 10.1 Å². The Morgan fingerprint density at radius 3 is 2.66 bits per heavy atom. The van der Waals surface area contributed by atoms with Gasteiger partial charge in [0.1, 0.15) is 18.2 Å². The van der Waals surface area contributed by atoms with Crippen LogP contribution in [0.5, 0.6) is 5.75 Å². The maximum absolute atomic E-state index is 14.5. The lowest BCUT2D eigenvalue weighted by Crippen LogP contribution is -2.15. The highest BCUT2D eigenvalue weighted by Gasteiger charge is 2.25. The number of nitrogens with one attached hydrogen (secondary N) is 1. The molecule has 0 amide bonds. The molecule has 1 aromatic heterocycles. The molecule has 1 N–H and O–H groups in total. The van der Waals surface area contributed by atoms with Crippen LogP contribution in [-0.2, 0) is 21.4 Å². The van der Waals surface area contributed by atoms with E-state index in [-0.39, 0.29) is 28.5 Å². The van der Waals surface area contributed by atoms with Crippen LogP contribution in [0.15, 0.2) is 65.7 Å². The lowest BCUT2D eigenvalue weighted by atomic mass is 10.1. The highest BCUT2D eigenvalue weighted by atomic mass is 32.2. The van der Waals surface area contributed by atoms with Crippen molar-refractivity contribution in [3.05, 3.63) is 72.2 Å². The van der Waals surface area contributed by atoms with Gasteiger partial charge in [0.05, 0.1) is 10.6 Å². The van der Waals surface area contributed by atoms with Gasteiger partial charge in [-0.2, -0.15) is 0 Å². The summed E-state index contributed by atoms with van der Waals surface area (Å²) in [5.41, 5.74) is 1.13. The first-order chi connectivity index (χ1) is 15.4. The van der Waals surface area contributed by atoms with Gasteiger partial charge >= 0.3 is 0 Å². The zero-order valence-corrected chi connectivity index (χ0v) is 18.6. The SMILES string of the molecule is CNCc1cc(-c2ccccc2F)n(S(=O)(=O)c2cccc(OCC(=O)CC3CC3)c2)c1. The lowest BCUT2D eigenvalue weighted by Gasteiger charge is -2.12. The summed E-state index contributed by atoms with van der Waals surface area (Å²) in [7, 11) is -2.29. The van der Waals surface area contributed by atoms with Crippen LogP contribution in [0, 0.1) is 11.7 Å². The highest BCUT2D eigenvalue weighted by Crippen LogP contribution is 2.33. The number of nitrogens with zero attached hydrogens (tertiary/aromatic N) is 1. The topological polar surface area (TPSA) is 77.4 Å². The molecule has 0 unspecified atom stereocenters. The molecule has 2 aromatic carbocycles. The van der Waals surface area contributed by atoms with E-state index < -0.39 is 15.8 Å². The van der Waals surface area contributed by atoms with Gasteiger partial charge in [-0.05, 0) is 61.7 Å². The summed E-state index contributed by atoms with van der Waals surface area (Å²) in [5.74, 6) is 0.259. The van der Waals surface area contributed by atoms with Crippen LogP contribution in [0.25, 0.3) is 11.3 Å². The van der Waals surface area contributed by atoms with Crippen molar-refractivity contribution in [3.63, 3.8) is 0 Å². The smallest absolute Gasteiger partial charge is 0.268 e. The molecular formula is C24H25FN2O4S. The number of ketones is 1. The number of aromatic nitrogens is 1. The molecule has 168 valence electrons. The molecule has 1 aliphatic rings. The second-order valence-corrected chi connectivity index (χ2v) is 9.81. The first kappa shape index (κ1) is 22.2. The summed E-state index contributed by atoms with van der Waals surface area (Å²) < 4.78 is 48.1. The third-order valence-corrected chi connectivity index (χ3v) is 7.02. The fraction of sp³-hybridized carbons (Fsp3) is 0.292. The van der Waals surface area contributed by atoms with E-state index in [1.807, 2.05) is 0 Å². The van der Waals surface area contributed by atoms with Gasteiger partial charge in [0.2, 0.25) is 0 Å². The predicted octanol–water partition coefficient (Wildman–Crippen LogP) is 4.00. The highest BCUT2D eigenvalue weighted by molar-refractivity contribution is 7.90. The van der Waals surface area contributed by atoms with E-state index in [1.165, 1.54) is 24.4 Å². The Labute approximate surface area is 187 Å². The van der Waals surface area contributed by atoms with Crippen molar-refractivity contribution in [2.75, 3.05) is 13.7 Å². The summed E-state index contributed by atoms with van der Waals surface area (Å²) >= 11 is 0. The second-order valence-electron chi connectivity index (χ2n) is 7.99. The van der Waals surface area contributed by atoms with Gasteiger partial charge in [0, 0.05) is 30.8 Å². The van der Waals surface area contributed by atoms with E-state index >= 15 is 0 Å². The number of hydrogen-bond donors (Lipinski definition) is 1. The Morgan fingerprint density at radius 1 is 1.16 bits per heavy atom. The van der Waals surface area contributed by atoms with Crippen molar-refractivity contribution in [2.45, 2.75) is 30.7 Å². The van der Waals surface area contributed by atoms with Crippen molar-refractivity contribution < 1.29 is 22.3 Å². The molecule has 4 rings (SSSR count). The zero-order chi connectivity index (χ0) is 22.7. The standard InChI is InChI=1S/C24H25FN2O4S/c1-26-14-18-12-24(22-7-2-3-8-23(22)25)27(15-18)32(29,30)21-6-4-5-20(13-21)31-16-19(28)11-17-9-10-17/h2-8,12-13,15,17,26H,9-11,14,16H2,1H3. The second kappa shape index (κ2) is 9.26. The number of hydrogen-bond acceptors (Lipinski definition) is 5. The van der Waals surface area contributed by atoms with Gasteiger partial charge in [0.15, 0.2) is 5.78 Å². The largest absolute Gasteiger partial charge is 0.486 e. The number of halogens is 1. The molecule has 0 saturated heterocycles. The zero-order valence-electron chi connectivity index (χ0n) is 17.8. The number of benzene rings is 2. The van der Waals surface area contributed by atoms with Crippen LogP contribution in [-0.4, -0.2) is 31.8 Å². The Balaban J connectivity index is 1.66. The van der Waals surface area contributed by atoms with Crippen LogP contribution >= 0.6 is 0 Å². The molecule has 1 saturated carbocycles. The van der Waals surface area contributed by atoms with Crippen molar-refractivity contribution >= 4 is 15.8 Å². The Morgan fingerprint density at radius 2 is 1.94 bits per heavy atom. The Kier molecular flexibility index (Phi) is 6.43. The van der Waals surface area contributed by atoms with Gasteiger partial charge in [-0.25, -0.2) is 16.8 Å². The van der Waals surface area contributed by atoms with Crippen LogP contribution in [0.4, 0.5) is 4.39 Å². The molecule has 0 bridgehead atoms. The molecule has 3 aromatic rings. The van der Waals surface area contributed by atoms with Crippen molar-refractivity contribution in [1.82, 2.24) is 9.29 Å². The van der Waals surface area contributed by atoms with E-state index in [1.54, 1.807) is 43.4 Å². The lowest BCUT2D eigenvalue weighted by molar-refractivity contribution is -0.121. The summed E-state index contributed by atoms with van der Waals surface area (Å²) in [5, 5.41) is 2.98. The molecule has 1 heterocycles. The molecule has 0 atom stereocenters.